The molecule has 1 fully saturated rings. The van der Waals surface area contributed by atoms with Crippen LogP contribution in [-0.4, -0.2) is 40.5 Å². The van der Waals surface area contributed by atoms with Crippen molar-refractivity contribution in [3.8, 4) is 0 Å². The molecule has 1 aliphatic rings. The normalized spacial score (nSPS) is 19.1. The lowest BCUT2D eigenvalue weighted by Gasteiger charge is -2.24. The third-order valence-corrected chi connectivity index (χ3v) is 5.08. The Morgan fingerprint density at radius 3 is 2.67 bits per heavy atom. The molecule has 0 radical (unpaired) electrons. The van der Waals surface area contributed by atoms with Gasteiger partial charge >= 0.3 is 0 Å². The Morgan fingerprint density at radius 2 is 1.96 bits per heavy atom. The summed E-state index contributed by atoms with van der Waals surface area (Å²) in [7, 11) is 0. The number of carbonyl (C=O) groups is 2. The molecule has 27 heavy (non-hydrogen) atoms. The minimum Gasteiger partial charge on any atom is -0.398 e. The molecule has 4 N–H and O–H groups in total. The second kappa shape index (κ2) is 7.98. The summed E-state index contributed by atoms with van der Waals surface area (Å²) in [6.45, 7) is 2.21. The standard InChI is InChI=1S/C20H22ClN3O3/c1-12-16(3-2-4-17(12)22)20(27)24-11-15(25)9-18(24)19(26)23-10-13-5-7-14(21)8-6-13/h2-8,15,18,25H,9-11,22H2,1H3,(H,23,26). The van der Waals surface area contributed by atoms with E-state index in [1.807, 2.05) is 12.1 Å². The lowest BCUT2D eigenvalue weighted by molar-refractivity contribution is -0.125. The maximum Gasteiger partial charge on any atom is 0.254 e. The predicted molar refractivity (Wildman–Crippen MR) is 104 cm³/mol. The van der Waals surface area contributed by atoms with Gasteiger partial charge in [-0.1, -0.05) is 29.8 Å². The lowest BCUT2D eigenvalue weighted by atomic mass is 10.1. The van der Waals surface area contributed by atoms with Crippen molar-refractivity contribution in [2.45, 2.75) is 32.0 Å². The van der Waals surface area contributed by atoms with E-state index >= 15 is 0 Å². The van der Waals surface area contributed by atoms with E-state index in [9.17, 15) is 14.7 Å². The van der Waals surface area contributed by atoms with Crippen molar-refractivity contribution in [1.29, 1.82) is 0 Å². The average molecular weight is 388 g/mol. The van der Waals surface area contributed by atoms with E-state index in [1.54, 1.807) is 37.3 Å². The van der Waals surface area contributed by atoms with E-state index in [2.05, 4.69) is 5.32 Å². The van der Waals surface area contributed by atoms with Crippen molar-refractivity contribution in [1.82, 2.24) is 10.2 Å². The molecule has 7 heteroatoms. The number of amides is 2. The second-order valence-corrected chi connectivity index (χ2v) is 7.16. The molecule has 2 atom stereocenters. The van der Waals surface area contributed by atoms with Crippen LogP contribution in [0.3, 0.4) is 0 Å². The molecule has 2 aromatic rings. The third kappa shape index (κ3) is 4.23. The number of β-amino-alcohol motifs (C(OH)–C–C–N with tert-alkyl or cyclic N) is 1. The van der Waals surface area contributed by atoms with E-state index in [4.69, 9.17) is 17.3 Å². The number of nitrogens with two attached hydrogens (primary N) is 1. The number of aliphatic hydroxyl groups is 1. The molecule has 1 heterocycles. The molecular formula is C20H22ClN3O3. The first-order chi connectivity index (χ1) is 12.9. The number of benzene rings is 2. The molecule has 1 aliphatic heterocycles. The predicted octanol–water partition coefficient (Wildman–Crippen LogP) is 2.12. The van der Waals surface area contributed by atoms with Gasteiger partial charge in [-0.25, -0.2) is 0 Å². The Bertz CT molecular complexity index is 854. The van der Waals surface area contributed by atoms with Crippen molar-refractivity contribution in [2.75, 3.05) is 12.3 Å². The number of nitrogens with zero attached hydrogens (tertiary/aromatic N) is 1. The maximum absolute atomic E-state index is 13.0. The number of nitrogens with one attached hydrogen (secondary N) is 1. The van der Waals surface area contributed by atoms with Crippen LogP contribution >= 0.6 is 11.6 Å². The quantitative estimate of drug-likeness (QED) is 0.700. The van der Waals surface area contributed by atoms with Gasteiger partial charge in [-0.05, 0) is 42.3 Å². The van der Waals surface area contributed by atoms with E-state index < -0.39 is 12.1 Å². The van der Waals surface area contributed by atoms with Crippen LogP contribution in [0.4, 0.5) is 5.69 Å². The summed E-state index contributed by atoms with van der Waals surface area (Å²) in [6, 6.07) is 11.5. The first kappa shape index (κ1) is 19.2. The van der Waals surface area contributed by atoms with Gasteiger partial charge in [0, 0.05) is 35.8 Å². The molecule has 0 bridgehead atoms. The summed E-state index contributed by atoms with van der Waals surface area (Å²) in [6.07, 6.45) is -0.527. The van der Waals surface area contributed by atoms with Crippen LogP contribution in [0.5, 0.6) is 0 Å². The minimum atomic E-state index is -0.735. The van der Waals surface area contributed by atoms with Crippen LogP contribution in [0, 0.1) is 6.92 Å². The summed E-state index contributed by atoms with van der Waals surface area (Å²) >= 11 is 5.86. The zero-order chi connectivity index (χ0) is 19.6. The topological polar surface area (TPSA) is 95.7 Å². The van der Waals surface area contributed by atoms with Crippen LogP contribution in [0.25, 0.3) is 0 Å². The number of likely N-dealkylation sites (tertiary alicyclic amines) is 1. The Balaban J connectivity index is 1.73. The molecule has 142 valence electrons. The van der Waals surface area contributed by atoms with Gasteiger partial charge in [0.2, 0.25) is 5.91 Å². The number of anilines is 1. The minimum absolute atomic E-state index is 0.117. The molecule has 6 nitrogen and oxygen atoms in total. The smallest absolute Gasteiger partial charge is 0.254 e. The molecule has 2 aromatic carbocycles. The molecule has 0 aliphatic carbocycles. The van der Waals surface area contributed by atoms with Crippen molar-refractivity contribution in [3.63, 3.8) is 0 Å². The van der Waals surface area contributed by atoms with Crippen LogP contribution in [-0.2, 0) is 11.3 Å². The van der Waals surface area contributed by atoms with E-state index in [1.165, 1.54) is 4.90 Å². The van der Waals surface area contributed by atoms with Crippen LogP contribution in [0.15, 0.2) is 42.5 Å². The van der Waals surface area contributed by atoms with Gasteiger partial charge in [0.05, 0.1) is 6.10 Å². The summed E-state index contributed by atoms with van der Waals surface area (Å²) in [5.74, 6) is -0.598. The zero-order valence-corrected chi connectivity index (χ0v) is 15.7. The highest BCUT2D eigenvalue weighted by atomic mass is 35.5. The fraction of sp³-hybridized carbons (Fsp3) is 0.300. The Labute approximate surface area is 162 Å². The fourth-order valence-corrected chi connectivity index (χ4v) is 3.36. The molecule has 2 amide bonds. The number of aliphatic hydroxyl groups excluding tert-OH is 1. The molecular weight excluding hydrogens is 366 g/mol. The highest BCUT2D eigenvalue weighted by molar-refractivity contribution is 6.30. The molecule has 3 rings (SSSR count). The number of carbonyl (C=O) groups excluding carboxylic acids is 2. The van der Waals surface area contributed by atoms with Gasteiger partial charge in [0.1, 0.15) is 6.04 Å². The largest absolute Gasteiger partial charge is 0.398 e. The molecule has 0 spiro atoms. The highest BCUT2D eigenvalue weighted by Crippen LogP contribution is 2.24. The molecule has 0 saturated carbocycles. The Hall–Kier alpha value is -2.57. The number of hydrogen-bond donors (Lipinski definition) is 3. The lowest BCUT2D eigenvalue weighted by Crippen LogP contribution is -2.46. The van der Waals surface area contributed by atoms with Crippen molar-refractivity contribution in [2.24, 2.45) is 0 Å². The van der Waals surface area contributed by atoms with Crippen LogP contribution < -0.4 is 11.1 Å². The molecule has 2 unspecified atom stereocenters. The third-order valence-electron chi connectivity index (χ3n) is 4.83. The monoisotopic (exact) mass is 387 g/mol. The summed E-state index contributed by atoms with van der Waals surface area (Å²) in [4.78, 5) is 27.0. The van der Waals surface area contributed by atoms with Gasteiger partial charge in [0.25, 0.3) is 5.91 Å². The van der Waals surface area contributed by atoms with E-state index in [-0.39, 0.29) is 24.8 Å². The van der Waals surface area contributed by atoms with Gasteiger partial charge in [-0.3, -0.25) is 9.59 Å². The van der Waals surface area contributed by atoms with Crippen molar-refractivity contribution < 1.29 is 14.7 Å². The first-order valence-corrected chi connectivity index (χ1v) is 9.11. The summed E-state index contributed by atoms with van der Waals surface area (Å²) in [5, 5.41) is 13.5. The zero-order valence-electron chi connectivity index (χ0n) is 15.0. The van der Waals surface area contributed by atoms with Crippen LogP contribution in [0.2, 0.25) is 5.02 Å². The fourth-order valence-electron chi connectivity index (χ4n) is 3.24. The van der Waals surface area contributed by atoms with Crippen molar-refractivity contribution >= 4 is 29.1 Å². The maximum atomic E-state index is 13.0. The Kier molecular flexibility index (Phi) is 5.68. The second-order valence-electron chi connectivity index (χ2n) is 6.73. The SMILES string of the molecule is Cc1c(N)cccc1C(=O)N1CC(O)CC1C(=O)NCc1ccc(Cl)cc1. The number of halogens is 1. The van der Waals surface area contributed by atoms with E-state index in [0.717, 1.165) is 5.56 Å². The average Bonchev–Trinajstić information content (AvgIpc) is 3.04. The summed E-state index contributed by atoms with van der Waals surface area (Å²) < 4.78 is 0. The number of rotatable bonds is 4. The highest BCUT2D eigenvalue weighted by Gasteiger charge is 2.39. The number of hydrogen-bond acceptors (Lipinski definition) is 4. The van der Waals surface area contributed by atoms with Crippen molar-refractivity contribution in [3.05, 3.63) is 64.2 Å². The van der Waals surface area contributed by atoms with Crippen LogP contribution in [0.1, 0.15) is 27.9 Å². The Morgan fingerprint density at radius 1 is 1.26 bits per heavy atom. The van der Waals surface area contributed by atoms with Gasteiger partial charge in [0.15, 0.2) is 0 Å². The van der Waals surface area contributed by atoms with E-state index in [0.29, 0.717) is 28.4 Å². The first-order valence-electron chi connectivity index (χ1n) is 8.73. The van der Waals surface area contributed by atoms with Gasteiger partial charge in [-0.15, -0.1) is 0 Å². The van der Waals surface area contributed by atoms with Gasteiger partial charge < -0.3 is 21.1 Å². The van der Waals surface area contributed by atoms with Gasteiger partial charge in [-0.2, -0.15) is 0 Å². The molecule has 0 aromatic heterocycles. The number of nitrogen functional groups attached to an aromatic ring is 1. The molecule has 1 saturated heterocycles. The summed E-state index contributed by atoms with van der Waals surface area (Å²) in [5.41, 5.74) is 8.42.